The van der Waals surface area contributed by atoms with Crippen molar-refractivity contribution < 1.29 is 14.7 Å². The van der Waals surface area contributed by atoms with Gasteiger partial charge < -0.3 is 10.0 Å². The largest absolute Gasteiger partial charge is 0.481 e. The van der Waals surface area contributed by atoms with Gasteiger partial charge in [-0.25, -0.2) is 9.67 Å². The van der Waals surface area contributed by atoms with Crippen LogP contribution in [0, 0.1) is 5.92 Å². The molecule has 3 aromatic rings. The maximum atomic E-state index is 13.4. The summed E-state index contributed by atoms with van der Waals surface area (Å²) in [6.45, 7) is 4.84. The van der Waals surface area contributed by atoms with Gasteiger partial charge in [0.05, 0.1) is 28.8 Å². The molecular weight excluding hydrogens is 368 g/mol. The van der Waals surface area contributed by atoms with Crippen LogP contribution in [0.1, 0.15) is 43.1 Å². The number of benzene rings is 1. The van der Waals surface area contributed by atoms with E-state index in [1.807, 2.05) is 48.9 Å². The van der Waals surface area contributed by atoms with Gasteiger partial charge in [-0.2, -0.15) is 5.10 Å². The highest BCUT2D eigenvalue weighted by Gasteiger charge is 2.30. The van der Waals surface area contributed by atoms with Crippen LogP contribution < -0.4 is 0 Å². The molecular formula is C22H24N4O3. The monoisotopic (exact) mass is 392 g/mol. The third-order valence-electron chi connectivity index (χ3n) is 5.41. The summed E-state index contributed by atoms with van der Waals surface area (Å²) in [5, 5.41) is 14.5. The van der Waals surface area contributed by atoms with E-state index >= 15 is 0 Å². The lowest BCUT2D eigenvalue weighted by molar-refractivity contribution is -0.143. The molecule has 7 nitrogen and oxygen atoms in total. The highest BCUT2D eigenvalue weighted by Crippen LogP contribution is 2.28. The van der Waals surface area contributed by atoms with Crippen molar-refractivity contribution in [1.29, 1.82) is 0 Å². The fourth-order valence-electron chi connectivity index (χ4n) is 3.86. The molecule has 2 aromatic heterocycles. The Labute approximate surface area is 169 Å². The van der Waals surface area contributed by atoms with E-state index in [4.69, 9.17) is 4.98 Å². The molecule has 3 heterocycles. The maximum Gasteiger partial charge on any atom is 0.308 e. The van der Waals surface area contributed by atoms with Gasteiger partial charge in [0.1, 0.15) is 0 Å². The molecule has 1 aliphatic heterocycles. The Morgan fingerprint density at radius 1 is 1.21 bits per heavy atom. The van der Waals surface area contributed by atoms with Gasteiger partial charge in [-0.1, -0.05) is 30.3 Å². The first-order valence-electron chi connectivity index (χ1n) is 9.91. The summed E-state index contributed by atoms with van der Waals surface area (Å²) in [4.78, 5) is 31.3. The average Bonchev–Trinajstić information content (AvgIpc) is 3.17. The molecule has 0 saturated carbocycles. The van der Waals surface area contributed by atoms with Crippen molar-refractivity contribution in [3.8, 4) is 11.3 Å². The zero-order valence-electron chi connectivity index (χ0n) is 16.6. The van der Waals surface area contributed by atoms with E-state index in [1.54, 1.807) is 17.2 Å². The molecule has 1 saturated heterocycles. The van der Waals surface area contributed by atoms with Crippen molar-refractivity contribution in [3.63, 3.8) is 0 Å². The lowest BCUT2D eigenvalue weighted by Gasteiger charge is -2.31. The lowest BCUT2D eigenvalue weighted by Crippen LogP contribution is -2.42. The van der Waals surface area contributed by atoms with E-state index in [0.29, 0.717) is 41.7 Å². The average molecular weight is 392 g/mol. The molecule has 0 radical (unpaired) electrons. The van der Waals surface area contributed by atoms with E-state index in [0.717, 1.165) is 5.56 Å². The lowest BCUT2D eigenvalue weighted by atomic mass is 9.97. The van der Waals surface area contributed by atoms with Crippen LogP contribution in [-0.2, 0) is 4.79 Å². The number of carboxylic acid groups (broad SMARTS) is 1. The normalized spacial score (nSPS) is 17.1. The van der Waals surface area contributed by atoms with Crippen molar-refractivity contribution >= 4 is 22.9 Å². The molecule has 0 aliphatic carbocycles. The Hall–Kier alpha value is -3.22. The number of amides is 1. The second-order valence-corrected chi connectivity index (χ2v) is 7.77. The summed E-state index contributed by atoms with van der Waals surface area (Å²) < 4.78 is 1.81. The first-order valence-corrected chi connectivity index (χ1v) is 9.91. The van der Waals surface area contributed by atoms with Crippen LogP contribution in [0.3, 0.4) is 0 Å². The van der Waals surface area contributed by atoms with Gasteiger partial charge in [0, 0.05) is 24.7 Å². The van der Waals surface area contributed by atoms with Crippen LogP contribution in [0.25, 0.3) is 22.3 Å². The van der Waals surface area contributed by atoms with E-state index in [9.17, 15) is 14.7 Å². The summed E-state index contributed by atoms with van der Waals surface area (Å²) >= 11 is 0. The Morgan fingerprint density at radius 2 is 1.97 bits per heavy atom. The van der Waals surface area contributed by atoms with Crippen LogP contribution in [-0.4, -0.2) is 49.7 Å². The molecule has 1 aliphatic rings. The number of aliphatic carboxylic acids is 1. The van der Waals surface area contributed by atoms with Crippen molar-refractivity contribution in [2.45, 2.75) is 32.7 Å². The number of carbonyl (C=O) groups excluding carboxylic acids is 1. The molecule has 4 rings (SSSR count). The fourth-order valence-corrected chi connectivity index (χ4v) is 3.86. The fraction of sp³-hybridized carbons (Fsp3) is 0.364. The molecule has 1 atom stereocenters. The predicted molar refractivity (Wildman–Crippen MR) is 110 cm³/mol. The van der Waals surface area contributed by atoms with Gasteiger partial charge in [-0.05, 0) is 32.8 Å². The molecule has 0 spiro atoms. The molecule has 1 amide bonds. The number of hydrogen-bond donors (Lipinski definition) is 1. The Balaban J connectivity index is 1.82. The second-order valence-electron chi connectivity index (χ2n) is 7.77. The van der Waals surface area contributed by atoms with E-state index < -0.39 is 11.9 Å². The first kappa shape index (κ1) is 19.1. The molecule has 1 N–H and O–H groups in total. The van der Waals surface area contributed by atoms with E-state index in [-0.39, 0.29) is 18.5 Å². The van der Waals surface area contributed by atoms with Gasteiger partial charge in [0.2, 0.25) is 0 Å². The zero-order valence-corrected chi connectivity index (χ0v) is 16.6. The van der Waals surface area contributed by atoms with Crippen molar-refractivity contribution in [1.82, 2.24) is 19.7 Å². The summed E-state index contributed by atoms with van der Waals surface area (Å²) in [6, 6.07) is 11.6. The third-order valence-corrected chi connectivity index (χ3v) is 5.41. The number of piperidine rings is 1. The van der Waals surface area contributed by atoms with Crippen LogP contribution in [0.15, 0.2) is 42.6 Å². The quantitative estimate of drug-likeness (QED) is 0.733. The highest BCUT2D eigenvalue weighted by atomic mass is 16.4. The third kappa shape index (κ3) is 3.60. The van der Waals surface area contributed by atoms with Gasteiger partial charge in [-0.15, -0.1) is 0 Å². The summed E-state index contributed by atoms with van der Waals surface area (Å²) in [5.74, 6) is -1.53. The summed E-state index contributed by atoms with van der Waals surface area (Å²) in [5.41, 5.74) is 2.81. The smallest absolute Gasteiger partial charge is 0.308 e. The minimum absolute atomic E-state index is 0.0975. The van der Waals surface area contributed by atoms with Crippen molar-refractivity contribution in [2.75, 3.05) is 13.1 Å². The maximum absolute atomic E-state index is 13.4. The predicted octanol–water partition coefficient (Wildman–Crippen LogP) is 3.62. The number of rotatable bonds is 4. The highest BCUT2D eigenvalue weighted by molar-refractivity contribution is 6.06. The standard InChI is InChI=1S/C22H24N4O3/c1-14(2)26-20-18(12-23-26)17(11-19(24-20)15-7-4-3-5-8-15)21(27)25-10-6-9-16(13-25)22(28)29/h3-5,7-8,11-12,14,16H,6,9-10,13H2,1-2H3,(H,28,29). The molecule has 1 unspecified atom stereocenters. The van der Waals surface area contributed by atoms with Gasteiger partial charge in [0.15, 0.2) is 5.65 Å². The van der Waals surface area contributed by atoms with E-state index in [1.165, 1.54) is 0 Å². The second kappa shape index (κ2) is 7.66. The number of nitrogens with zero attached hydrogens (tertiary/aromatic N) is 4. The van der Waals surface area contributed by atoms with Gasteiger partial charge >= 0.3 is 5.97 Å². The first-order chi connectivity index (χ1) is 14.0. The molecule has 0 bridgehead atoms. The summed E-state index contributed by atoms with van der Waals surface area (Å²) in [7, 11) is 0. The number of hydrogen-bond acceptors (Lipinski definition) is 4. The molecule has 7 heteroatoms. The minimum atomic E-state index is -0.847. The van der Waals surface area contributed by atoms with Gasteiger partial charge in [-0.3, -0.25) is 9.59 Å². The van der Waals surface area contributed by atoms with Crippen LogP contribution in [0.5, 0.6) is 0 Å². The topological polar surface area (TPSA) is 88.3 Å². The molecule has 29 heavy (non-hydrogen) atoms. The zero-order chi connectivity index (χ0) is 20.5. The SMILES string of the molecule is CC(C)n1ncc2c(C(=O)N3CCCC(C(=O)O)C3)cc(-c3ccccc3)nc21. The van der Waals surface area contributed by atoms with Crippen molar-refractivity contribution in [3.05, 3.63) is 48.2 Å². The molecule has 150 valence electrons. The number of likely N-dealkylation sites (tertiary alicyclic amines) is 1. The van der Waals surface area contributed by atoms with Crippen LogP contribution in [0.4, 0.5) is 0 Å². The van der Waals surface area contributed by atoms with Crippen molar-refractivity contribution in [2.24, 2.45) is 5.92 Å². The number of fused-ring (bicyclic) bond motifs is 1. The van der Waals surface area contributed by atoms with E-state index in [2.05, 4.69) is 5.10 Å². The van der Waals surface area contributed by atoms with Crippen LogP contribution in [0.2, 0.25) is 0 Å². The Morgan fingerprint density at radius 3 is 2.66 bits per heavy atom. The van der Waals surface area contributed by atoms with Gasteiger partial charge in [0.25, 0.3) is 5.91 Å². The van der Waals surface area contributed by atoms with Crippen LogP contribution >= 0.6 is 0 Å². The summed E-state index contributed by atoms with van der Waals surface area (Å²) in [6.07, 6.45) is 2.97. The number of carboxylic acids is 1. The molecule has 1 aromatic carbocycles. The number of pyridine rings is 1. The Kier molecular flexibility index (Phi) is 5.05. The molecule has 1 fully saturated rings. The number of carbonyl (C=O) groups is 2. The minimum Gasteiger partial charge on any atom is -0.481 e. The number of aromatic nitrogens is 3. The Bertz CT molecular complexity index is 1060.